The average molecular weight is 126 g/mol. The molecule has 0 heterocycles. The summed E-state index contributed by atoms with van der Waals surface area (Å²) < 4.78 is 0. The predicted octanol–water partition coefficient (Wildman–Crippen LogP) is 0.730. The molecule has 2 heteroatoms. The van der Waals surface area contributed by atoms with Crippen LogP contribution >= 0.6 is 0 Å². The van der Waals surface area contributed by atoms with Crippen molar-refractivity contribution in [1.29, 1.82) is 0 Å². The molecule has 0 aromatic carbocycles. The van der Waals surface area contributed by atoms with Crippen LogP contribution in [0.5, 0.6) is 0 Å². The summed E-state index contributed by atoms with van der Waals surface area (Å²) >= 11 is 0. The molecule has 4 N–H and O–H groups in total. The molecule has 9 heavy (non-hydrogen) atoms. The molecule has 0 unspecified atom stereocenters. The second kappa shape index (κ2) is 2.12. The van der Waals surface area contributed by atoms with E-state index in [2.05, 4.69) is 6.08 Å². The summed E-state index contributed by atoms with van der Waals surface area (Å²) in [6.45, 7) is 2.00. The Kier molecular flexibility index (Phi) is 1.60. The molecule has 0 atom stereocenters. The van der Waals surface area contributed by atoms with E-state index in [1.54, 1.807) is 0 Å². The van der Waals surface area contributed by atoms with Gasteiger partial charge in [-0.15, -0.1) is 0 Å². The normalized spacial score (nSPS) is 25.4. The van der Waals surface area contributed by atoms with Crippen LogP contribution < -0.4 is 11.5 Å². The monoisotopic (exact) mass is 126 g/mol. The van der Waals surface area contributed by atoms with E-state index in [4.69, 9.17) is 11.5 Å². The van der Waals surface area contributed by atoms with Gasteiger partial charge in [-0.1, -0.05) is 6.08 Å². The van der Waals surface area contributed by atoms with Gasteiger partial charge in [0.1, 0.15) is 0 Å². The van der Waals surface area contributed by atoms with Crippen LogP contribution in [-0.4, -0.2) is 5.66 Å². The Hall–Kier alpha value is -0.340. The molecule has 52 valence electrons. The lowest BCUT2D eigenvalue weighted by Crippen LogP contribution is -2.51. The quantitative estimate of drug-likeness (QED) is 0.371. The van der Waals surface area contributed by atoms with Gasteiger partial charge in [0.05, 0.1) is 5.66 Å². The van der Waals surface area contributed by atoms with Crippen molar-refractivity contribution < 1.29 is 0 Å². The van der Waals surface area contributed by atoms with Crippen LogP contribution in [0.25, 0.3) is 0 Å². The summed E-state index contributed by atoms with van der Waals surface area (Å²) in [5.74, 6) is 0. The highest BCUT2D eigenvalue weighted by atomic mass is 15.0. The Labute approximate surface area is 55.9 Å². The molecule has 1 rings (SSSR count). The lowest BCUT2D eigenvalue weighted by Gasteiger charge is -2.28. The first kappa shape index (κ1) is 6.78. The van der Waals surface area contributed by atoms with Gasteiger partial charge in [0.15, 0.2) is 0 Å². The van der Waals surface area contributed by atoms with Crippen LogP contribution in [0, 0.1) is 0 Å². The Bertz CT molecular complexity index is 136. The van der Waals surface area contributed by atoms with E-state index < -0.39 is 5.66 Å². The summed E-state index contributed by atoms with van der Waals surface area (Å²) in [4.78, 5) is 0. The Morgan fingerprint density at radius 2 is 2.22 bits per heavy atom. The van der Waals surface area contributed by atoms with Crippen molar-refractivity contribution in [3.8, 4) is 0 Å². The molecule has 2 nitrogen and oxygen atoms in total. The summed E-state index contributed by atoms with van der Waals surface area (Å²) in [7, 11) is 0. The van der Waals surface area contributed by atoms with Crippen molar-refractivity contribution in [3.05, 3.63) is 11.6 Å². The highest BCUT2D eigenvalue weighted by Gasteiger charge is 2.22. The third kappa shape index (κ3) is 1.32. The van der Waals surface area contributed by atoms with Crippen molar-refractivity contribution in [3.63, 3.8) is 0 Å². The number of nitrogens with two attached hydrogens (primary N) is 2. The minimum absolute atomic E-state index is 0.502. The third-order valence-electron chi connectivity index (χ3n) is 1.98. The van der Waals surface area contributed by atoms with Crippen LogP contribution in [0.4, 0.5) is 0 Å². The maximum absolute atomic E-state index is 5.73. The molecule has 0 aliphatic heterocycles. The summed E-state index contributed by atoms with van der Waals surface area (Å²) in [6, 6.07) is 0. The number of hydrogen-bond acceptors (Lipinski definition) is 2. The fourth-order valence-corrected chi connectivity index (χ4v) is 1.10. The van der Waals surface area contributed by atoms with Gasteiger partial charge in [-0.2, -0.15) is 0 Å². The lowest BCUT2D eigenvalue weighted by molar-refractivity contribution is 0.441. The Balaban J connectivity index is 2.73. The van der Waals surface area contributed by atoms with Crippen molar-refractivity contribution in [2.75, 3.05) is 0 Å². The van der Waals surface area contributed by atoms with E-state index in [0.717, 1.165) is 24.8 Å². The predicted molar refractivity (Wildman–Crippen MR) is 38.7 cm³/mol. The zero-order valence-corrected chi connectivity index (χ0v) is 5.85. The zero-order valence-electron chi connectivity index (χ0n) is 5.85. The van der Waals surface area contributed by atoms with Crippen LogP contribution in [-0.2, 0) is 0 Å². The topological polar surface area (TPSA) is 52.0 Å². The standard InChI is InChI=1S/C7H14N2/c1-6-4-2-3-5-7(6,8)9/h4H,2-3,5,8-9H2,1H3. The van der Waals surface area contributed by atoms with Crippen molar-refractivity contribution in [2.45, 2.75) is 31.8 Å². The third-order valence-corrected chi connectivity index (χ3v) is 1.98. The minimum atomic E-state index is -0.502. The Morgan fingerprint density at radius 3 is 2.56 bits per heavy atom. The van der Waals surface area contributed by atoms with Crippen molar-refractivity contribution in [1.82, 2.24) is 0 Å². The molecule has 0 fully saturated rings. The van der Waals surface area contributed by atoms with E-state index in [0.29, 0.717) is 0 Å². The Morgan fingerprint density at radius 1 is 1.56 bits per heavy atom. The fourth-order valence-electron chi connectivity index (χ4n) is 1.10. The fraction of sp³-hybridized carbons (Fsp3) is 0.714. The highest BCUT2D eigenvalue weighted by molar-refractivity contribution is 5.16. The van der Waals surface area contributed by atoms with Crippen LogP contribution in [0.3, 0.4) is 0 Å². The van der Waals surface area contributed by atoms with Crippen LogP contribution in [0.15, 0.2) is 11.6 Å². The van der Waals surface area contributed by atoms with Crippen molar-refractivity contribution in [2.24, 2.45) is 11.5 Å². The van der Waals surface area contributed by atoms with E-state index in [9.17, 15) is 0 Å². The largest absolute Gasteiger partial charge is 0.310 e. The molecule has 1 aliphatic carbocycles. The average Bonchev–Trinajstić information content (AvgIpc) is 1.77. The molecule has 1 aliphatic rings. The van der Waals surface area contributed by atoms with Gasteiger partial charge in [0, 0.05) is 0 Å². The molecule has 0 saturated carbocycles. The van der Waals surface area contributed by atoms with E-state index in [1.165, 1.54) is 0 Å². The molecule has 0 bridgehead atoms. The second-order valence-electron chi connectivity index (χ2n) is 2.82. The molecule has 0 saturated heterocycles. The maximum Gasteiger partial charge on any atom is 0.0855 e. The molecule has 0 aromatic rings. The van der Waals surface area contributed by atoms with Crippen LogP contribution in [0.2, 0.25) is 0 Å². The zero-order chi connectivity index (χ0) is 6.91. The van der Waals surface area contributed by atoms with Gasteiger partial charge < -0.3 is 11.5 Å². The number of allylic oxidation sites excluding steroid dienone is 1. The first-order valence-electron chi connectivity index (χ1n) is 3.38. The summed E-state index contributed by atoms with van der Waals surface area (Å²) in [5, 5.41) is 0. The highest BCUT2D eigenvalue weighted by Crippen LogP contribution is 2.21. The number of hydrogen-bond donors (Lipinski definition) is 2. The molecular formula is C7H14N2. The van der Waals surface area contributed by atoms with Gasteiger partial charge in [0.2, 0.25) is 0 Å². The smallest absolute Gasteiger partial charge is 0.0855 e. The maximum atomic E-state index is 5.73. The van der Waals surface area contributed by atoms with Crippen molar-refractivity contribution >= 4 is 0 Å². The first-order chi connectivity index (χ1) is 4.13. The SMILES string of the molecule is CC1=CCCCC1(N)N. The van der Waals surface area contributed by atoms with Gasteiger partial charge >= 0.3 is 0 Å². The first-order valence-corrected chi connectivity index (χ1v) is 3.38. The van der Waals surface area contributed by atoms with E-state index in [-0.39, 0.29) is 0 Å². The molecule has 0 amide bonds. The van der Waals surface area contributed by atoms with Crippen LogP contribution in [0.1, 0.15) is 26.2 Å². The van der Waals surface area contributed by atoms with Gasteiger partial charge in [-0.25, -0.2) is 0 Å². The summed E-state index contributed by atoms with van der Waals surface area (Å²) in [5.41, 5.74) is 12.1. The van der Waals surface area contributed by atoms with Gasteiger partial charge in [0.25, 0.3) is 0 Å². The minimum Gasteiger partial charge on any atom is -0.310 e. The molecule has 0 aromatic heterocycles. The van der Waals surface area contributed by atoms with Gasteiger partial charge in [-0.3, -0.25) is 0 Å². The van der Waals surface area contributed by atoms with Gasteiger partial charge in [-0.05, 0) is 31.8 Å². The van der Waals surface area contributed by atoms with E-state index >= 15 is 0 Å². The van der Waals surface area contributed by atoms with E-state index in [1.807, 2.05) is 6.92 Å². The molecule has 0 radical (unpaired) electrons. The molecular weight excluding hydrogens is 112 g/mol. The second-order valence-corrected chi connectivity index (χ2v) is 2.82. The summed E-state index contributed by atoms with van der Waals surface area (Å²) in [6.07, 6.45) is 5.32. The number of rotatable bonds is 0. The lowest BCUT2D eigenvalue weighted by atomic mass is 9.90. The molecule has 0 spiro atoms.